The number of carbonyl (C=O) groups is 3. The third-order valence-electron chi connectivity index (χ3n) is 10.1. The van der Waals surface area contributed by atoms with Gasteiger partial charge in [-0.3, -0.25) is 14.4 Å². The number of fused-ring (bicyclic) bond motifs is 3. The van der Waals surface area contributed by atoms with E-state index in [1.54, 1.807) is 14.1 Å². The second-order valence-corrected chi connectivity index (χ2v) is 12.5. The molecule has 3 aliphatic carbocycles. The second-order valence-electron chi connectivity index (χ2n) is 12.5. The molecule has 0 bridgehead atoms. The summed E-state index contributed by atoms with van der Waals surface area (Å²) in [6, 6.07) is 12.2. The first kappa shape index (κ1) is 27.7. The molecule has 1 saturated heterocycles. The van der Waals surface area contributed by atoms with Gasteiger partial charge in [-0.25, -0.2) is 0 Å². The quantitative estimate of drug-likeness (QED) is 0.301. The van der Waals surface area contributed by atoms with Crippen molar-refractivity contribution in [1.29, 1.82) is 0 Å². The number of nitrogens with zero attached hydrogens (tertiary/aromatic N) is 4. The van der Waals surface area contributed by atoms with Crippen LogP contribution < -0.4 is 16.0 Å². The lowest BCUT2D eigenvalue weighted by Crippen LogP contribution is -2.46. The summed E-state index contributed by atoms with van der Waals surface area (Å²) in [4.78, 5) is 40.7. The number of benzene rings is 2. The Kier molecular flexibility index (Phi) is 6.99. The molecule has 3 aromatic rings. The Morgan fingerprint density at radius 2 is 1.63 bits per heavy atom. The maximum absolute atomic E-state index is 13.3. The van der Waals surface area contributed by atoms with Crippen LogP contribution in [0, 0.1) is 11.8 Å². The highest BCUT2D eigenvalue weighted by Crippen LogP contribution is 2.50. The van der Waals surface area contributed by atoms with Crippen LogP contribution in [0.25, 0.3) is 0 Å². The molecule has 1 aromatic heterocycles. The molecule has 2 saturated carbocycles. The molecule has 2 heterocycles. The number of aromatic nitrogens is 4. The Hall–Kier alpha value is -4.12. The number of nitrogens with one attached hydrogen (secondary N) is 4. The first-order valence-corrected chi connectivity index (χ1v) is 15.4. The van der Waals surface area contributed by atoms with Crippen LogP contribution in [-0.2, 0) is 23.1 Å². The molecule has 7 rings (SSSR count). The molecule has 11 heteroatoms. The topological polar surface area (TPSA) is 145 Å². The lowest BCUT2D eigenvalue weighted by atomic mass is 9.67. The van der Waals surface area contributed by atoms with Gasteiger partial charge in [-0.1, -0.05) is 17.3 Å². The predicted octanol–water partition coefficient (Wildman–Crippen LogP) is 1.73. The monoisotopic (exact) mass is 582 g/mol. The molecule has 4 N–H and O–H groups in total. The number of tetrazole rings is 1. The molecule has 224 valence electrons. The van der Waals surface area contributed by atoms with Gasteiger partial charge < -0.3 is 20.9 Å². The van der Waals surface area contributed by atoms with Crippen molar-refractivity contribution in [3.8, 4) is 0 Å². The van der Waals surface area contributed by atoms with Gasteiger partial charge in [0.1, 0.15) is 0 Å². The predicted molar refractivity (Wildman–Crippen MR) is 158 cm³/mol. The van der Waals surface area contributed by atoms with Gasteiger partial charge in [0, 0.05) is 43.9 Å². The normalized spacial score (nSPS) is 22.0. The van der Waals surface area contributed by atoms with E-state index in [1.165, 1.54) is 0 Å². The van der Waals surface area contributed by atoms with E-state index in [1.807, 2.05) is 36.4 Å². The average molecular weight is 583 g/mol. The molecule has 11 nitrogen and oxygen atoms in total. The molecular formula is C32H38N8O3. The third-order valence-corrected chi connectivity index (χ3v) is 10.1. The van der Waals surface area contributed by atoms with Crippen LogP contribution >= 0.6 is 0 Å². The van der Waals surface area contributed by atoms with Gasteiger partial charge in [0.05, 0.1) is 12.0 Å². The zero-order chi connectivity index (χ0) is 29.7. The van der Waals surface area contributed by atoms with E-state index < -0.39 is 5.41 Å². The smallest absolute Gasteiger partial charge is 0.251 e. The number of amides is 3. The van der Waals surface area contributed by atoms with Crippen molar-refractivity contribution in [2.24, 2.45) is 11.8 Å². The van der Waals surface area contributed by atoms with Crippen LogP contribution in [-0.4, -0.2) is 82.5 Å². The summed E-state index contributed by atoms with van der Waals surface area (Å²) in [6.07, 6.45) is 6.41. The average Bonchev–Trinajstić information content (AvgIpc) is 3.94. The van der Waals surface area contributed by atoms with Gasteiger partial charge in [-0.2, -0.15) is 5.21 Å². The maximum atomic E-state index is 13.3. The zero-order valence-corrected chi connectivity index (χ0v) is 24.7. The van der Waals surface area contributed by atoms with Gasteiger partial charge in [-0.15, -0.1) is 10.2 Å². The van der Waals surface area contributed by atoms with Gasteiger partial charge in [-0.05, 0) is 103 Å². The number of aryl methyl sites for hydroxylation is 2. The van der Waals surface area contributed by atoms with Crippen molar-refractivity contribution < 1.29 is 14.4 Å². The van der Waals surface area contributed by atoms with E-state index in [-0.39, 0.29) is 23.8 Å². The number of H-pyrrole nitrogens is 1. The standard InChI is InChI=1S/C32H38N8O3/c1-33-29(42)22-7-9-24-19(13-22)5-6-20-14-23(30(43)34-2)8-10-25(20)32(24,31-36-38-39-37-31)16-26(18-3-4-18)35-17-28(41)40-12-11-21-15-27(21)40/h7-10,13-14,18,21,26-27,35H,3-6,11-12,15-17H2,1-2H3,(H,33,42)(H,34,43)(H,36,37,38,39)/t21-,26-,27+/m1/s1. The van der Waals surface area contributed by atoms with Gasteiger partial charge >= 0.3 is 0 Å². The number of hydrogen-bond donors (Lipinski definition) is 4. The Bertz CT molecular complexity index is 1500. The highest BCUT2D eigenvalue weighted by Gasteiger charge is 2.50. The number of likely N-dealkylation sites (tertiary alicyclic amines) is 1. The largest absolute Gasteiger partial charge is 0.355 e. The van der Waals surface area contributed by atoms with Crippen LogP contribution in [0.1, 0.15) is 80.9 Å². The van der Waals surface area contributed by atoms with Crippen molar-refractivity contribution in [2.45, 2.75) is 62.4 Å². The molecule has 43 heavy (non-hydrogen) atoms. The minimum atomic E-state index is -0.824. The number of piperidine rings is 1. The van der Waals surface area contributed by atoms with Crippen LogP contribution in [0.3, 0.4) is 0 Å². The SMILES string of the molecule is CNC(=O)c1ccc2c(c1)CCc1cc(C(=O)NC)ccc1C2(C[C@@H](NCC(=O)N1CC[C@@H]2C[C@@H]21)C1CC1)c1nn[nH]n1. The highest BCUT2D eigenvalue weighted by molar-refractivity contribution is 5.95. The zero-order valence-electron chi connectivity index (χ0n) is 24.7. The first-order valence-electron chi connectivity index (χ1n) is 15.4. The van der Waals surface area contributed by atoms with Gasteiger partial charge in [0.25, 0.3) is 11.8 Å². The highest BCUT2D eigenvalue weighted by atomic mass is 16.2. The van der Waals surface area contributed by atoms with Crippen molar-refractivity contribution in [3.63, 3.8) is 0 Å². The molecule has 3 amide bonds. The summed E-state index contributed by atoms with van der Waals surface area (Å²) in [7, 11) is 3.26. The molecule has 0 unspecified atom stereocenters. The minimum absolute atomic E-state index is 0.0242. The molecular weight excluding hydrogens is 544 g/mol. The van der Waals surface area contributed by atoms with E-state index in [0.29, 0.717) is 60.6 Å². The van der Waals surface area contributed by atoms with Crippen molar-refractivity contribution >= 4 is 17.7 Å². The summed E-state index contributed by atoms with van der Waals surface area (Å²) in [5.74, 6) is 1.55. The number of rotatable bonds is 9. The van der Waals surface area contributed by atoms with Crippen LogP contribution in [0.15, 0.2) is 36.4 Å². The Morgan fingerprint density at radius 3 is 2.12 bits per heavy atom. The summed E-state index contributed by atoms with van der Waals surface area (Å²) in [6.45, 7) is 1.16. The lowest BCUT2D eigenvalue weighted by Gasteiger charge is -2.37. The summed E-state index contributed by atoms with van der Waals surface area (Å²) in [5.41, 5.74) is 4.46. The Labute approximate surface area is 250 Å². The molecule has 1 aliphatic heterocycles. The van der Waals surface area contributed by atoms with E-state index in [0.717, 1.165) is 54.5 Å². The summed E-state index contributed by atoms with van der Waals surface area (Å²) in [5, 5.41) is 25.0. The van der Waals surface area contributed by atoms with Crippen LogP contribution in [0.5, 0.6) is 0 Å². The fourth-order valence-corrected chi connectivity index (χ4v) is 7.57. The maximum Gasteiger partial charge on any atom is 0.251 e. The van der Waals surface area contributed by atoms with E-state index in [4.69, 9.17) is 0 Å². The number of hydrogen-bond acceptors (Lipinski definition) is 7. The molecule has 0 spiro atoms. The fraction of sp³-hybridized carbons (Fsp3) is 0.500. The lowest BCUT2D eigenvalue weighted by molar-refractivity contribution is -0.130. The summed E-state index contributed by atoms with van der Waals surface area (Å²) < 4.78 is 0. The minimum Gasteiger partial charge on any atom is -0.355 e. The number of carbonyl (C=O) groups excluding carboxylic acids is 3. The summed E-state index contributed by atoms with van der Waals surface area (Å²) >= 11 is 0. The molecule has 3 fully saturated rings. The fourth-order valence-electron chi connectivity index (χ4n) is 7.57. The Morgan fingerprint density at radius 1 is 0.977 bits per heavy atom. The molecule has 0 radical (unpaired) electrons. The van der Waals surface area contributed by atoms with Crippen molar-refractivity contribution in [3.05, 3.63) is 75.6 Å². The first-order chi connectivity index (χ1) is 20.9. The molecule has 2 aromatic carbocycles. The van der Waals surface area contributed by atoms with Crippen LogP contribution in [0.4, 0.5) is 0 Å². The molecule has 4 aliphatic rings. The van der Waals surface area contributed by atoms with E-state index in [9.17, 15) is 14.4 Å². The van der Waals surface area contributed by atoms with E-state index >= 15 is 0 Å². The number of aromatic amines is 1. The van der Waals surface area contributed by atoms with Crippen LogP contribution in [0.2, 0.25) is 0 Å². The van der Waals surface area contributed by atoms with E-state index in [2.05, 4.69) is 41.5 Å². The van der Waals surface area contributed by atoms with Gasteiger partial charge in [0.2, 0.25) is 5.91 Å². The third kappa shape index (κ3) is 4.89. The second kappa shape index (κ2) is 10.9. The van der Waals surface area contributed by atoms with Crippen molar-refractivity contribution in [1.82, 2.24) is 41.5 Å². The van der Waals surface area contributed by atoms with Crippen molar-refractivity contribution in [2.75, 3.05) is 27.2 Å². The Balaban J connectivity index is 1.33. The molecule has 3 atom stereocenters. The van der Waals surface area contributed by atoms with Gasteiger partial charge in [0.15, 0.2) is 5.82 Å².